The number of halogens is 1. The second-order valence-corrected chi connectivity index (χ2v) is 3.30. The molecule has 0 amide bonds. The molecule has 0 bridgehead atoms. The Hall–Kier alpha value is -1.55. The number of rotatable bonds is 5. The smallest absolute Gasteiger partial charge is 0.370 e. The average Bonchev–Trinajstić information content (AvgIpc) is 2.30. The minimum absolute atomic E-state index is 0.196. The van der Waals surface area contributed by atoms with Crippen molar-refractivity contribution in [3.05, 3.63) is 35.9 Å². The molecule has 86 valence electrons. The number of hydrogen-bond acceptors (Lipinski definition) is 4. The molecule has 0 fully saturated rings. The van der Waals surface area contributed by atoms with Crippen molar-refractivity contribution in [2.45, 2.75) is 13.5 Å². The highest BCUT2D eigenvalue weighted by Crippen LogP contribution is 1.97. The number of nitrogens with one attached hydrogen (secondary N) is 1. The first-order valence-electron chi connectivity index (χ1n) is 4.91. The Morgan fingerprint density at radius 2 is 2.12 bits per heavy atom. The highest BCUT2D eigenvalue weighted by Gasteiger charge is 2.08. The summed E-state index contributed by atoms with van der Waals surface area (Å²) in [6.07, 6.45) is 0. The zero-order chi connectivity index (χ0) is 11.8. The van der Waals surface area contributed by atoms with Gasteiger partial charge in [-0.15, -0.1) is 0 Å². The Bertz CT molecular complexity index is 366. The van der Waals surface area contributed by atoms with Crippen molar-refractivity contribution in [2.24, 2.45) is 5.10 Å². The van der Waals surface area contributed by atoms with Gasteiger partial charge in [-0.25, -0.2) is 4.79 Å². The summed E-state index contributed by atoms with van der Waals surface area (Å²) in [6.45, 7) is 2.50. The molecule has 0 saturated heterocycles. The molecule has 1 aromatic carbocycles. The Balaban J connectivity index is 2.39. The number of benzene rings is 1. The summed E-state index contributed by atoms with van der Waals surface area (Å²) in [5.74, 6) is -0.621. The maximum absolute atomic E-state index is 11.1. The zero-order valence-corrected chi connectivity index (χ0v) is 9.70. The maximum Gasteiger partial charge on any atom is 0.370 e. The van der Waals surface area contributed by atoms with Crippen molar-refractivity contribution in [2.75, 3.05) is 6.61 Å². The highest BCUT2D eigenvalue weighted by molar-refractivity contribution is 6.81. The normalized spacial score (nSPS) is 11.0. The van der Waals surface area contributed by atoms with E-state index in [9.17, 15) is 4.79 Å². The Morgan fingerprint density at radius 3 is 2.75 bits per heavy atom. The lowest BCUT2D eigenvalue weighted by Crippen LogP contribution is -2.16. The van der Waals surface area contributed by atoms with E-state index in [1.54, 1.807) is 6.92 Å². The Labute approximate surface area is 99.2 Å². The molecule has 0 aromatic heterocycles. The molecule has 0 saturated carbocycles. The largest absolute Gasteiger partial charge is 0.461 e. The van der Waals surface area contributed by atoms with Crippen LogP contribution in [0.4, 0.5) is 0 Å². The first-order valence-corrected chi connectivity index (χ1v) is 5.29. The van der Waals surface area contributed by atoms with E-state index in [-0.39, 0.29) is 11.8 Å². The van der Waals surface area contributed by atoms with Crippen LogP contribution in [-0.2, 0) is 16.1 Å². The van der Waals surface area contributed by atoms with Gasteiger partial charge < -0.3 is 10.2 Å². The molecule has 1 rings (SSSR count). The van der Waals surface area contributed by atoms with Crippen molar-refractivity contribution in [1.82, 2.24) is 5.43 Å². The summed E-state index contributed by atoms with van der Waals surface area (Å²) in [4.78, 5) is 11.1. The lowest BCUT2D eigenvalue weighted by atomic mass is 10.2. The number of ether oxygens (including phenoxy) is 1. The summed E-state index contributed by atoms with van der Waals surface area (Å²) in [5.41, 5.74) is 3.75. The van der Waals surface area contributed by atoms with Gasteiger partial charge in [0, 0.05) is 0 Å². The lowest BCUT2D eigenvalue weighted by molar-refractivity contribution is -0.134. The third kappa shape index (κ3) is 4.31. The van der Waals surface area contributed by atoms with Gasteiger partial charge in [0.2, 0.25) is 5.17 Å². The van der Waals surface area contributed by atoms with Gasteiger partial charge in [0.05, 0.1) is 13.2 Å². The predicted octanol–water partition coefficient (Wildman–Crippen LogP) is 1.89. The van der Waals surface area contributed by atoms with Crippen LogP contribution in [0.3, 0.4) is 0 Å². The Kier molecular flexibility index (Phi) is 5.36. The van der Waals surface area contributed by atoms with Crippen LogP contribution in [0.15, 0.2) is 35.4 Å². The molecule has 0 aliphatic heterocycles. The van der Waals surface area contributed by atoms with Crippen LogP contribution in [0.2, 0.25) is 0 Å². The van der Waals surface area contributed by atoms with E-state index in [0.29, 0.717) is 6.54 Å². The summed E-state index contributed by atoms with van der Waals surface area (Å²) in [7, 11) is 0. The standard InChI is InChI=1S/C11H13ClN2O2/c1-2-16-11(15)10(12)14-13-8-9-6-4-3-5-7-9/h3-7,13H,2,8H2,1H3/b14-10-. The van der Waals surface area contributed by atoms with Gasteiger partial charge in [0.15, 0.2) is 0 Å². The van der Waals surface area contributed by atoms with Crippen LogP contribution < -0.4 is 5.43 Å². The van der Waals surface area contributed by atoms with Crippen molar-refractivity contribution >= 4 is 22.7 Å². The highest BCUT2D eigenvalue weighted by atomic mass is 35.5. The third-order valence-corrected chi connectivity index (χ3v) is 1.99. The number of carbonyl (C=O) groups is 1. The first kappa shape index (κ1) is 12.5. The Morgan fingerprint density at radius 1 is 1.44 bits per heavy atom. The summed E-state index contributed by atoms with van der Waals surface area (Å²) >= 11 is 5.59. The average molecular weight is 241 g/mol. The lowest BCUT2D eigenvalue weighted by Gasteiger charge is -2.02. The molecule has 0 radical (unpaired) electrons. The molecule has 1 N–H and O–H groups in total. The van der Waals surface area contributed by atoms with Crippen LogP contribution in [0.25, 0.3) is 0 Å². The molecule has 0 unspecified atom stereocenters. The number of nitrogens with zero attached hydrogens (tertiary/aromatic N) is 1. The van der Waals surface area contributed by atoms with Gasteiger partial charge in [-0.1, -0.05) is 41.9 Å². The van der Waals surface area contributed by atoms with E-state index in [1.165, 1.54) is 0 Å². The molecule has 0 aliphatic carbocycles. The molecule has 4 nitrogen and oxygen atoms in total. The summed E-state index contributed by atoms with van der Waals surface area (Å²) in [5, 5.41) is 3.50. The van der Waals surface area contributed by atoms with Gasteiger partial charge in [-0.05, 0) is 12.5 Å². The van der Waals surface area contributed by atoms with Crippen LogP contribution in [-0.4, -0.2) is 17.7 Å². The number of carbonyl (C=O) groups excluding carboxylic acids is 1. The molecule has 1 aromatic rings. The fourth-order valence-corrected chi connectivity index (χ4v) is 1.15. The number of hydrogen-bond donors (Lipinski definition) is 1. The molecule has 0 atom stereocenters. The van der Waals surface area contributed by atoms with E-state index in [1.807, 2.05) is 30.3 Å². The number of hydrazone groups is 1. The van der Waals surface area contributed by atoms with Crippen LogP contribution in [0.5, 0.6) is 0 Å². The fourth-order valence-electron chi connectivity index (χ4n) is 1.03. The predicted molar refractivity (Wildman–Crippen MR) is 63.2 cm³/mol. The topological polar surface area (TPSA) is 50.7 Å². The van der Waals surface area contributed by atoms with Gasteiger partial charge >= 0.3 is 5.97 Å². The van der Waals surface area contributed by atoms with Crippen LogP contribution in [0.1, 0.15) is 12.5 Å². The maximum atomic E-state index is 11.1. The van der Waals surface area contributed by atoms with Crippen molar-refractivity contribution in [3.8, 4) is 0 Å². The zero-order valence-electron chi connectivity index (χ0n) is 8.94. The quantitative estimate of drug-likeness (QED) is 0.486. The fraction of sp³-hybridized carbons (Fsp3) is 0.273. The first-order chi connectivity index (χ1) is 7.74. The van der Waals surface area contributed by atoms with Crippen molar-refractivity contribution in [1.29, 1.82) is 0 Å². The van der Waals surface area contributed by atoms with E-state index in [0.717, 1.165) is 5.56 Å². The molecule has 16 heavy (non-hydrogen) atoms. The van der Waals surface area contributed by atoms with E-state index in [4.69, 9.17) is 11.6 Å². The van der Waals surface area contributed by atoms with Crippen molar-refractivity contribution in [3.63, 3.8) is 0 Å². The molecule has 0 aliphatic rings. The molecular weight excluding hydrogens is 228 g/mol. The second kappa shape index (κ2) is 6.85. The second-order valence-electron chi connectivity index (χ2n) is 2.94. The van der Waals surface area contributed by atoms with Gasteiger partial charge in [-0.3, -0.25) is 0 Å². The third-order valence-electron chi connectivity index (χ3n) is 1.75. The number of esters is 1. The van der Waals surface area contributed by atoms with E-state index in [2.05, 4.69) is 15.3 Å². The molecule has 0 heterocycles. The van der Waals surface area contributed by atoms with Gasteiger partial charge in [-0.2, -0.15) is 5.10 Å². The molecule has 5 heteroatoms. The monoisotopic (exact) mass is 240 g/mol. The SMILES string of the molecule is CCOC(=O)/C(Cl)=N/NCc1ccccc1. The van der Waals surface area contributed by atoms with Gasteiger partial charge in [0.1, 0.15) is 0 Å². The minimum atomic E-state index is -0.621. The van der Waals surface area contributed by atoms with Crippen molar-refractivity contribution < 1.29 is 9.53 Å². The molecular formula is C11H13ClN2O2. The molecule has 0 spiro atoms. The van der Waals surface area contributed by atoms with E-state index >= 15 is 0 Å². The van der Waals surface area contributed by atoms with Crippen LogP contribution >= 0.6 is 11.6 Å². The minimum Gasteiger partial charge on any atom is -0.461 e. The van der Waals surface area contributed by atoms with E-state index < -0.39 is 5.97 Å². The summed E-state index contributed by atoms with van der Waals surface area (Å²) < 4.78 is 4.66. The van der Waals surface area contributed by atoms with Gasteiger partial charge in [0.25, 0.3) is 0 Å². The summed E-state index contributed by atoms with van der Waals surface area (Å²) in [6, 6.07) is 9.67. The van der Waals surface area contributed by atoms with Crippen LogP contribution in [0, 0.1) is 0 Å².